The maximum absolute atomic E-state index is 5.81. The highest BCUT2D eigenvalue weighted by atomic mass is 35.5. The third kappa shape index (κ3) is 2.07. The van der Waals surface area contributed by atoms with Crippen molar-refractivity contribution in [1.82, 2.24) is 9.97 Å². The number of hydrogen-bond donors (Lipinski definition) is 0. The third-order valence-electron chi connectivity index (χ3n) is 3.13. The monoisotopic (exact) mass is 225 g/mol. The second-order valence-corrected chi connectivity index (χ2v) is 4.42. The van der Waals surface area contributed by atoms with E-state index in [-0.39, 0.29) is 0 Å². The van der Waals surface area contributed by atoms with Gasteiger partial charge in [0.2, 0.25) is 5.28 Å². The molecule has 0 spiro atoms. The van der Waals surface area contributed by atoms with E-state index in [1.165, 1.54) is 12.8 Å². The second kappa shape index (κ2) is 4.35. The average molecular weight is 226 g/mol. The molecule has 2 unspecified atom stereocenters. The first-order valence-corrected chi connectivity index (χ1v) is 5.87. The van der Waals surface area contributed by atoms with Gasteiger partial charge >= 0.3 is 0 Å². The minimum absolute atomic E-state index is 0.335. The molecule has 0 amide bonds. The molecule has 2 rings (SSSR count). The van der Waals surface area contributed by atoms with Crippen molar-refractivity contribution in [1.29, 1.82) is 0 Å². The fourth-order valence-electron chi connectivity index (χ4n) is 2.36. The summed E-state index contributed by atoms with van der Waals surface area (Å²) in [6.07, 6.45) is 5.37. The molecule has 1 aromatic rings. The standard InChI is InChI=1S/C11H16ClN3/c1-3-9-5-4-8(2)15(9)10-6-7-13-11(12)14-10/h6-9H,3-5H2,1-2H3. The fraction of sp³-hybridized carbons (Fsp3) is 0.636. The van der Waals surface area contributed by atoms with Crippen LogP contribution in [0.2, 0.25) is 5.28 Å². The van der Waals surface area contributed by atoms with Gasteiger partial charge in [-0.2, -0.15) is 0 Å². The van der Waals surface area contributed by atoms with E-state index < -0.39 is 0 Å². The number of halogens is 1. The van der Waals surface area contributed by atoms with E-state index >= 15 is 0 Å². The Morgan fingerprint density at radius 2 is 2.33 bits per heavy atom. The number of rotatable bonds is 2. The van der Waals surface area contributed by atoms with Crippen LogP contribution >= 0.6 is 11.6 Å². The Hall–Kier alpha value is -0.830. The van der Waals surface area contributed by atoms with Crippen molar-refractivity contribution in [2.24, 2.45) is 0 Å². The first-order chi connectivity index (χ1) is 7.22. The minimum atomic E-state index is 0.335. The molecular formula is C11H16ClN3. The molecule has 1 aromatic heterocycles. The molecular weight excluding hydrogens is 210 g/mol. The van der Waals surface area contributed by atoms with Crippen molar-refractivity contribution < 1.29 is 0 Å². The van der Waals surface area contributed by atoms with E-state index in [2.05, 4.69) is 28.7 Å². The molecule has 0 saturated carbocycles. The normalized spacial score (nSPS) is 25.9. The number of anilines is 1. The highest BCUT2D eigenvalue weighted by Gasteiger charge is 2.30. The average Bonchev–Trinajstić information content (AvgIpc) is 2.59. The Balaban J connectivity index is 2.28. The summed E-state index contributed by atoms with van der Waals surface area (Å²) in [5.41, 5.74) is 0. The molecule has 15 heavy (non-hydrogen) atoms. The van der Waals surface area contributed by atoms with Crippen LogP contribution < -0.4 is 4.90 Å². The molecule has 1 fully saturated rings. The van der Waals surface area contributed by atoms with E-state index in [4.69, 9.17) is 11.6 Å². The number of hydrogen-bond acceptors (Lipinski definition) is 3. The zero-order chi connectivity index (χ0) is 10.8. The molecule has 82 valence electrons. The predicted molar refractivity (Wildman–Crippen MR) is 62.3 cm³/mol. The highest BCUT2D eigenvalue weighted by molar-refractivity contribution is 6.28. The molecule has 1 aliphatic heterocycles. The predicted octanol–water partition coefficient (Wildman–Crippen LogP) is 2.90. The summed E-state index contributed by atoms with van der Waals surface area (Å²) >= 11 is 5.81. The summed E-state index contributed by atoms with van der Waals surface area (Å²) in [6, 6.07) is 3.10. The molecule has 1 saturated heterocycles. The highest BCUT2D eigenvalue weighted by Crippen LogP contribution is 2.30. The lowest BCUT2D eigenvalue weighted by molar-refractivity contribution is 0.620. The Labute approximate surface area is 95.5 Å². The molecule has 0 aromatic carbocycles. The largest absolute Gasteiger partial charge is 0.351 e. The van der Waals surface area contributed by atoms with Crippen LogP contribution in [-0.4, -0.2) is 22.1 Å². The molecule has 0 radical (unpaired) electrons. The van der Waals surface area contributed by atoms with Gasteiger partial charge in [0, 0.05) is 18.3 Å². The van der Waals surface area contributed by atoms with Crippen molar-refractivity contribution in [3.8, 4) is 0 Å². The molecule has 4 heteroatoms. The van der Waals surface area contributed by atoms with E-state index in [0.29, 0.717) is 17.4 Å². The van der Waals surface area contributed by atoms with Crippen LogP contribution in [-0.2, 0) is 0 Å². The van der Waals surface area contributed by atoms with Gasteiger partial charge in [-0.1, -0.05) is 6.92 Å². The summed E-state index contributed by atoms with van der Waals surface area (Å²) in [7, 11) is 0. The van der Waals surface area contributed by atoms with Crippen LogP contribution in [0, 0.1) is 0 Å². The summed E-state index contributed by atoms with van der Waals surface area (Å²) in [4.78, 5) is 10.6. The molecule has 0 bridgehead atoms. The van der Waals surface area contributed by atoms with Crippen molar-refractivity contribution in [3.05, 3.63) is 17.5 Å². The van der Waals surface area contributed by atoms with Crippen molar-refractivity contribution >= 4 is 17.4 Å². The summed E-state index contributed by atoms with van der Waals surface area (Å²) in [5.74, 6) is 0.965. The Bertz CT molecular complexity index is 342. The van der Waals surface area contributed by atoms with Gasteiger partial charge in [-0.15, -0.1) is 0 Å². The summed E-state index contributed by atoms with van der Waals surface area (Å²) < 4.78 is 0. The molecule has 2 atom stereocenters. The molecule has 3 nitrogen and oxygen atoms in total. The topological polar surface area (TPSA) is 29.0 Å². The molecule has 0 N–H and O–H groups in total. The van der Waals surface area contributed by atoms with Gasteiger partial charge in [-0.3, -0.25) is 0 Å². The maximum atomic E-state index is 5.81. The van der Waals surface area contributed by atoms with Crippen molar-refractivity contribution in [2.75, 3.05) is 4.90 Å². The van der Waals surface area contributed by atoms with Gasteiger partial charge in [0.15, 0.2) is 0 Å². The van der Waals surface area contributed by atoms with E-state index in [9.17, 15) is 0 Å². The quantitative estimate of drug-likeness (QED) is 0.725. The summed E-state index contributed by atoms with van der Waals surface area (Å²) in [5, 5.41) is 0.335. The Kier molecular flexibility index (Phi) is 3.10. The second-order valence-electron chi connectivity index (χ2n) is 4.08. The van der Waals surface area contributed by atoms with E-state index in [0.717, 1.165) is 12.2 Å². The van der Waals surface area contributed by atoms with Gasteiger partial charge in [-0.05, 0) is 43.9 Å². The van der Waals surface area contributed by atoms with Gasteiger partial charge in [0.05, 0.1) is 0 Å². The summed E-state index contributed by atoms with van der Waals surface area (Å²) in [6.45, 7) is 4.46. The number of aromatic nitrogens is 2. The third-order valence-corrected chi connectivity index (χ3v) is 3.32. The van der Waals surface area contributed by atoms with Gasteiger partial charge in [-0.25, -0.2) is 9.97 Å². The van der Waals surface area contributed by atoms with Crippen LogP contribution in [0.5, 0.6) is 0 Å². The van der Waals surface area contributed by atoms with Crippen LogP contribution in [0.25, 0.3) is 0 Å². The van der Waals surface area contributed by atoms with Gasteiger partial charge in [0.1, 0.15) is 5.82 Å². The van der Waals surface area contributed by atoms with Gasteiger partial charge in [0.25, 0.3) is 0 Å². The first-order valence-electron chi connectivity index (χ1n) is 5.49. The molecule has 2 heterocycles. The van der Waals surface area contributed by atoms with E-state index in [1.807, 2.05) is 6.07 Å². The fourth-order valence-corrected chi connectivity index (χ4v) is 2.50. The van der Waals surface area contributed by atoms with E-state index in [1.54, 1.807) is 6.20 Å². The lowest BCUT2D eigenvalue weighted by Gasteiger charge is -2.28. The lowest BCUT2D eigenvalue weighted by atomic mass is 10.1. The van der Waals surface area contributed by atoms with Crippen LogP contribution in [0.1, 0.15) is 33.1 Å². The minimum Gasteiger partial charge on any atom is -0.351 e. The SMILES string of the molecule is CCC1CCC(C)N1c1ccnc(Cl)n1. The number of nitrogens with zero attached hydrogens (tertiary/aromatic N) is 3. The smallest absolute Gasteiger partial charge is 0.224 e. The maximum Gasteiger partial charge on any atom is 0.224 e. The van der Waals surface area contributed by atoms with Crippen LogP contribution in [0.15, 0.2) is 12.3 Å². The molecule has 1 aliphatic rings. The molecule has 0 aliphatic carbocycles. The van der Waals surface area contributed by atoms with Crippen molar-refractivity contribution in [2.45, 2.75) is 45.2 Å². The lowest BCUT2D eigenvalue weighted by Crippen LogP contribution is -2.34. The van der Waals surface area contributed by atoms with Crippen LogP contribution in [0.4, 0.5) is 5.82 Å². The Morgan fingerprint density at radius 1 is 1.53 bits per heavy atom. The van der Waals surface area contributed by atoms with Crippen LogP contribution in [0.3, 0.4) is 0 Å². The zero-order valence-corrected chi connectivity index (χ0v) is 9.91. The van der Waals surface area contributed by atoms with Gasteiger partial charge < -0.3 is 4.90 Å². The van der Waals surface area contributed by atoms with Crippen molar-refractivity contribution in [3.63, 3.8) is 0 Å². The Morgan fingerprint density at radius 3 is 3.00 bits per heavy atom. The zero-order valence-electron chi connectivity index (χ0n) is 9.15. The first kappa shape index (κ1) is 10.7.